The lowest BCUT2D eigenvalue weighted by molar-refractivity contribution is -0.133. The largest absolute Gasteiger partial charge is 0.349 e. The lowest BCUT2D eigenvalue weighted by Crippen LogP contribution is -2.32. The summed E-state index contributed by atoms with van der Waals surface area (Å²) in [4.78, 5) is 29.3. The first-order valence-corrected chi connectivity index (χ1v) is 7.26. The van der Waals surface area contributed by atoms with Gasteiger partial charge in [0.25, 0.3) is 5.91 Å². The lowest BCUT2D eigenvalue weighted by atomic mass is 9.87. The predicted octanol–water partition coefficient (Wildman–Crippen LogP) is 1.64. The van der Waals surface area contributed by atoms with E-state index in [1.165, 1.54) is 10.4 Å². The molecule has 104 valence electrons. The van der Waals surface area contributed by atoms with Crippen LogP contribution in [-0.2, 0) is 17.6 Å². The smallest absolute Gasteiger partial charge is 0.263 e. The summed E-state index contributed by atoms with van der Waals surface area (Å²) in [5.41, 5.74) is 1.18. The van der Waals surface area contributed by atoms with Gasteiger partial charge in [0.1, 0.15) is 0 Å². The van der Waals surface area contributed by atoms with Crippen LogP contribution in [0.4, 0.5) is 0 Å². The van der Waals surface area contributed by atoms with Crippen LogP contribution in [0, 0.1) is 5.92 Å². The maximum absolute atomic E-state index is 12.0. The molecule has 0 saturated heterocycles. The molecule has 4 nitrogen and oxygen atoms in total. The van der Waals surface area contributed by atoms with Gasteiger partial charge in [-0.1, -0.05) is 0 Å². The molecule has 1 atom stereocenters. The minimum Gasteiger partial charge on any atom is -0.349 e. The summed E-state index contributed by atoms with van der Waals surface area (Å²) in [6.07, 6.45) is 2.56. The zero-order chi connectivity index (χ0) is 14.2. The maximum atomic E-state index is 12.0. The van der Waals surface area contributed by atoms with E-state index in [-0.39, 0.29) is 17.7 Å². The number of hydrogen-bond acceptors (Lipinski definition) is 3. The Morgan fingerprint density at radius 3 is 2.47 bits per heavy atom. The topological polar surface area (TPSA) is 40.6 Å². The van der Waals surface area contributed by atoms with Crippen molar-refractivity contribution in [3.8, 4) is 0 Å². The Morgan fingerprint density at radius 2 is 1.89 bits per heavy atom. The van der Waals surface area contributed by atoms with Crippen LogP contribution in [0.25, 0.3) is 0 Å². The molecule has 0 spiro atoms. The van der Waals surface area contributed by atoms with E-state index >= 15 is 0 Å². The molecule has 1 aromatic heterocycles. The number of nitrogens with zero attached hydrogens (tertiary/aromatic N) is 2. The summed E-state index contributed by atoms with van der Waals surface area (Å²) in [7, 11) is 7.12. The lowest BCUT2D eigenvalue weighted by Gasteiger charge is -2.24. The molecule has 0 bridgehead atoms. The Morgan fingerprint density at radius 1 is 1.21 bits per heavy atom. The van der Waals surface area contributed by atoms with Gasteiger partial charge in [-0.05, 0) is 30.9 Å². The molecule has 0 aromatic carbocycles. The van der Waals surface area contributed by atoms with Crippen molar-refractivity contribution in [2.24, 2.45) is 5.92 Å². The second-order valence-corrected chi connectivity index (χ2v) is 6.57. The summed E-state index contributed by atoms with van der Waals surface area (Å²) in [6.45, 7) is 0. The van der Waals surface area contributed by atoms with E-state index in [0.717, 1.165) is 24.1 Å². The number of carbonyl (C=O) groups excluding carboxylic acids is 2. The fraction of sp³-hybridized carbons (Fsp3) is 0.571. The van der Waals surface area contributed by atoms with Gasteiger partial charge in [0.15, 0.2) is 0 Å². The third kappa shape index (κ3) is 2.81. The highest BCUT2D eigenvalue weighted by Gasteiger charge is 2.28. The van der Waals surface area contributed by atoms with Crippen molar-refractivity contribution in [3.63, 3.8) is 0 Å². The first-order valence-electron chi connectivity index (χ1n) is 6.44. The normalized spacial score (nSPS) is 17.8. The number of thiophene rings is 1. The van der Waals surface area contributed by atoms with Crippen molar-refractivity contribution in [1.29, 1.82) is 0 Å². The minimum atomic E-state index is 0.0508. The first-order chi connectivity index (χ1) is 8.90. The highest BCUT2D eigenvalue weighted by molar-refractivity contribution is 7.14. The number of amides is 2. The standard InChI is InChI=1S/C14H20N2O2S/c1-15(2)13(17)9-5-6-11-10(7-9)8-12(19-11)14(18)16(3)4/h8-9H,5-7H2,1-4H3. The molecular formula is C14H20N2O2S. The van der Waals surface area contributed by atoms with Gasteiger partial charge in [-0.15, -0.1) is 11.3 Å². The maximum Gasteiger partial charge on any atom is 0.263 e. The second-order valence-electron chi connectivity index (χ2n) is 5.43. The number of aryl methyl sites for hydroxylation is 1. The van der Waals surface area contributed by atoms with Crippen molar-refractivity contribution in [1.82, 2.24) is 9.80 Å². The fourth-order valence-electron chi connectivity index (χ4n) is 2.43. The van der Waals surface area contributed by atoms with Crippen LogP contribution in [0.3, 0.4) is 0 Å². The van der Waals surface area contributed by atoms with Gasteiger partial charge in [0, 0.05) is 39.0 Å². The van der Waals surface area contributed by atoms with E-state index in [4.69, 9.17) is 0 Å². The zero-order valence-electron chi connectivity index (χ0n) is 11.9. The van der Waals surface area contributed by atoms with Crippen LogP contribution in [0.5, 0.6) is 0 Å². The summed E-state index contributed by atoms with van der Waals surface area (Å²) in [6, 6.07) is 1.97. The van der Waals surface area contributed by atoms with Gasteiger partial charge < -0.3 is 9.80 Å². The third-order valence-corrected chi connectivity index (χ3v) is 4.71. The number of carbonyl (C=O) groups is 2. The van der Waals surface area contributed by atoms with Crippen molar-refractivity contribution in [2.45, 2.75) is 19.3 Å². The average molecular weight is 280 g/mol. The van der Waals surface area contributed by atoms with Gasteiger partial charge >= 0.3 is 0 Å². The van der Waals surface area contributed by atoms with Gasteiger partial charge in [0.05, 0.1) is 4.88 Å². The van der Waals surface area contributed by atoms with Gasteiger partial charge in [-0.2, -0.15) is 0 Å². The Kier molecular flexibility index (Phi) is 3.94. The van der Waals surface area contributed by atoms with E-state index in [9.17, 15) is 9.59 Å². The van der Waals surface area contributed by atoms with E-state index in [2.05, 4.69) is 0 Å². The van der Waals surface area contributed by atoms with E-state index < -0.39 is 0 Å². The highest BCUT2D eigenvalue weighted by Crippen LogP contribution is 2.33. The van der Waals surface area contributed by atoms with Gasteiger partial charge in [-0.3, -0.25) is 9.59 Å². The number of fused-ring (bicyclic) bond motifs is 1. The van der Waals surface area contributed by atoms with Crippen LogP contribution in [0.2, 0.25) is 0 Å². The SMILES string of the molecule is CN(C)C(=O)c1cc2c(s1)CCC(C(=O)N(C)C)C2. The van der Waals surface area contributed by atoms with Crippen molar-refractivity contribution < 1.29 is 9.59 Å². The van der Waals surface area contributed by atoms with E-state index in [1.54, 1.807) is 49.3 Å². The molecule has 0 saturated carbocycles. The summed E-state index contributed by atoms with van der Waals surface area (Å²) in [5, 5.41) is 0. The van der Waals surface area contributed by atoms with Gasteiger partial charge in [0.2, 0.25) is 5.91 Å². The van der Waals surface area contributed by atoms with Crippen LogP contribution < -0.4 is 0 Å². The first kappa shape index (κ1) is 14.1. The Balaban J connectivity index is 2.18. The number of hydrogen-bond donors (Lipinski definition) is 0. The summed E-state index contributed by atoms with van der Waals surface area (Å²) in [5.74, 6) is 0.312. The Hall–Kier alpha value is -1.36. The Labute approximate surface area is 118 Å². The molecule has 1 unspecified atom stereocenters. The predicted molar refractivity (Wildman–Crippen MR) is 76.5 cm³/mol. The Bertz CT molecular complexity index is 506. The average Bonchev–Trinajstić information content (AvgIpc) is 2.78. The van der Waals surface area contributed by atoms with Gasteiger partial charge in [-0.25, -0.2) is 0 Å². The molecule has 2 amide bonds. The van der Waals surface area contributed by atoms with Crippen LogP contribution in [0.15, 0.2) is 6.07 Å². The molecule has 19 heavy (non-hydrogen) atoms. The quantitative estimate of drug-likeness (QED) is 0.826. The van der Waals surface area contributed by atoms with Crippen molar-refractivity contribution >= 4 is 23.2 Å². The summed E-state index contributed by atoms with van der Waals surface area (Å²) < 4.78 is 0. The molecule has 2 rings (SSSR count). The molecule has 1 aliphatic rings. The monoisotopic (exact) mass is 280 g/mol. The molecule has 1 aromatic rings. The molecule has 5 heteroatoms. The molecule has 1 heterocycles. The zero-order valence-corrected chi connectivity index (χ0v) is 12.7. The van der Waals surface area contributed by atoms with Crippen LogP contribution in [0.1, 0.15) is 26.5 Å². The van der Waals surface area contributed by atoms with Crippen LogP contribution >= 0.6 is 11.3 Å². The highest BCUT2D eigenvalue weighted by atomic mass is 32.1. The molecule has 0 N–H and O–H groups in total. The second kappa shape index (κ2) is 5.33. The van der Waals surface area contributed by atoms with E-state index in [0.29, 0.717) is 0 Å². The van der Waals surface area contributed by atoms with Crippen molar-refractivity contribution in [2.75, 3.05) is 28.2 Å². The van der Waals surface area contributed by atoms with E-state index in [1.807, 2.05) is 6.07 Å². The molecule has 0 radical (unpaired) electrons. The fourth-order valence-corrected chi connectivity index (χ4v) is 3.66. The number of rotatable bonds is 2. The molecule has 0 fully saturated rings. The third-order valence-electron chi connectivity index (χ3n) is 3.49. The molecule has 1 aliphatic carbocycles. The summed E-state index contributed by atoms with van der Waals surface area (Å²) >= 11 is 1.58. The molecular weight excluding hydrogens is 260 g/mol. The van der Waals surface area contributed by atoms with Crippen LogP contribution in [-0.4, -0.2) is 49.8 Å². The van der Waals surface area contributed by atoms with Crippen molar-refractivity contribution in [3.05, 3.63) is 21.4 Å². The molecule has 0 aliphatic heterocycles. The minimum absolute atomic E-state index is 0.0508.